The van der Waals surface area contributed by atoms with E-state index in [0.29, 0.717) is 5.38 Å². The Balaban J connectivity index is 2.07. The van der Waals surface area contributed by atoms with Crippen LogP contribution in [0.15, 0.2) is 0 Å². The van der Waals surface area contributed by atoms with Crippen LogP contribution in [0.25, 0.3) is 0 Å². The zero-order valence-electron chi connectivity index (χ0n) is 7.18. The number of thioether (sulfide) groups is 1. The first-order chi connectivity index (χ1) is 5.33. The topological polar surface area (TPSA) is 0 Å². The Hall–Kier alpha value is 0.640. The van der Waals surface area contributed by atoms with E-state index >= 15 is 0 Å². The van der Waals surface area contributed by atoms with Crippen molar-refractivity contribution >= 4 is 23.4 Å². The summed E-state index contributed by atoms with van der Waals surface area (Å²) in [7, 11) is 0. The summed E-state index contributed by atoms with van der Waals surface area (Å²) in [5, 5.41) is 1.40. The molecule has 0 nitrogen and oxygen atoms in total. The fraction of sp³-hybridized carbons (Fsp3) is 1.00. The third kappa shape index (κ3) is 3.71. The minimum atomic E-state index is 0.480. The summed E-state index contributed by atoms with van der Waals surface area (Å²) >= 11 is 8.15. The number of alkyl halides is 1. The zero-order chi connectivity index (χ0) is 8.10. The molecule has 0 saturated heterocycles. The minimum Gasteiger partial charge on any atom is -0.159 e. The molecular formula is C9H17ClS. The van der Waals surface area contributed by atoms with Crippen LogP contribution in [0, 0.1) is 0 Å². The molecule has 0 aromatic carbocycles. The average Bonchev–Trinajstić information content (AvgIpc) is 2.04. The van der Waals surface area contributed by atoms with E-state index in [1.165, 1.54) is 37.9 Å². The largest absolute Gasteiger partial charge is 0.159 e. The third-order valence-corrected chi connectivity index (χ3v) is 4.18. The fourth-order valence-corrected chi connectivity index (χ4v) is 2.90. The molecule has 0 N–H and O–H groups in total. The molecule has 66 valence electrons. The van der Waals surface area contributed by atoms with Gasteiger partial charge in [-0.2, -0.15) is 11.8 Å². The van der Waals surface area contributed by atoms with Crippen LogP contribution in [-0.2, 0) is 0 Å². The van der Waals surface area contributed by atoms with Crippen molar-refractivity contribution in [2.24, 2.45) is 0 Å². The highest BCUT2D eigenvalue weighted by molar-refractivity contribution is 7.99. The molecule has 0 unspecified atom stereocenters. The van der Waals surface area contributed by atoms with Crippen LogP contribution >= 0.6 is 23.4 Å². The van der Waals surface area contributed by atoms with Gasteiger partial charge in [0.2, 0.25) is 0 Å². The lowest BCUT2D eigenvalue weighted by Crippen LogP contribution is -2.16. The van der Waals surface area contributed by atoms with Crippen LogP contribution in [0.5, 0.6) is 0 Å². The van der Waals surface area contributed by atoms with Crippen molar-refractivity contribution in [1.29, 1.82) is 0 Å². The number of hydrogen-bond acceptors (Lipinski definition) is 1. The highest BCUT2D eigenvalue weighted by atomic mass is 35.5. The van der Waals surface area contributed by atoms with Gasteiger partial charge in [-0.15, -0.1) is 11.6 Å². The van der Waals surface area contributed by atoms with Crippen LogP contribution in [0.4, 0.5) is 0 Å². The molecule has 0 aromatic heterocycles. The van der Waals surface area contributed by atoms with E-state index in [-0.39, 0.29) is 0 Å². The molecule has 0 atom stereocenters. The van der Waals surface area contributed by atoms with Crippen LogP contribution < -0.4 is 0 Å². The van der Waals surface area contributed by atoms with Crippen LogP contribution in [0.3, 0.4) is 0 Å². The Morgan fingerprint density at radius 1 is 1.27 bits per heavy atom. The SMILES string of the molecule is CCCSC1CCC(Cl)CC1. The molecule has 1 aliphatic rings. The molecule has 2 heteroatoms. The van der Waals surface area contributed by atoms with Crippen molar-refractivity contribution in [1.82, 2.24) is 0 Å². The summed E-state index contributed by atoms with van der Waals surface area (Å²) in [6, 6.07) is 0. The molecule has 1 saturated carbocycles. The summed E-state index contributed by atoms with van der Waals surface area (Å²) in [6.45, 7) is 2.25. The molecule has 0 spiro atoms. The van der Waals surface area contributed by atoms with E-state index in [4.69, 9.17) is 11.6 Å². The zero-order valence-corrected chi connectivity index (χ0v) is 8.76. The summed E-state index contributed by atoms with van der Waals surface area (Å²) in [4.78, 5) is 0. The second-order valence-corrected chi connectivity index (χ2v) is 5.27. The van der Waals surface area contributed by atoms with Gasteiger partial charge < -0.3 is 0 Å². The van der Waals surface area contributed by atoms with Crippen LogP contribution in [0.1, 0.15) is 39.0 Å². The molecule has 0 bridgehead atoms. The quantitative estimate of drug-likeness (QED) is 0.615. The molecule has 0 aromatic rings. The lowest BCUT2D eigenvalue weighted by molar-refractivity contribution is 0.523. The van der Waals surface area contributed by atoms with E-state index in [9.17, 15) is 0 Å². The monoisotopic (exact) mass is 192 g/mol. The first kappa shape index (κ1) is 9.73. The van der Waals surface area contributed by atoms with Gasteiger partial charge in [0.05, 0.1) is 0 Å². The lowest BCUT2D eigenvalue weighted by Gasteiger charge is -2.24. The summed E-state index contributed by atoms with van der Waals surface area (Å²) in [6.07, 6.45) is 6.48. The van der Waals surface area contributed by atoms with Gasteiger partial charge in [0.25, 0.3) is 0 Å². The van der Waals surface area contributed by atoms with Crippen LogP contribution in [-0.4, -0.2) is 16.4 Å². The van der Waals surface area contributed by atoms with Crippen molar-refractivity contribution in [3.8, 4) is 0 Å². The van der Waals surface area contributed by atoms with Crippen molar-refractivity contribution in [2.45, 2.75) is 49.7 Å². The van der Waals surface area contributed by atoms with Gasteiger partial charge in [-0.25, -0.2) is 0 Å². The first-order valence-electron chi connectivity index (χ1n) is 4.58. The maximum Gasteiger partial charge on any atom is 0.0336 e. The Morgan fingerprint density at radius 2 is 1.91 bits per heavy atom. The van der Waals surface area contributed by atoms with Gasteiger partial charge in [0.1, 0.15) is 0 Å². The maximum absolute atomic E-state index is 6.01. The van der Waals surface area contributed by atoms with Crippen LogP contribution in [0.2, 0.25) is 0 Å². The standard InChI is InChI=1S/C9H17ClS/c1-2-7-11-9-5-3-8(10)4-6-9/h8-9H,2-7H2,1H3. The summed E-state index contributed by atoms with van der Waals surface area (Å²) in [5.41, 5.74) is 0. The van der Waals surface area contributed by atoms with Gasteiger partial charge >= 0.3 is 0 Å². The molecule has 1 rings (SSSR count). The van der Waals surface area contributed by atoms with E-state index in [1.807, 2.05) is 0 Å². The van der Waals surface area contributed by atoms with Crippen molar-refractivity contribution in [3.05, 3.63) is 0 Å². The molecule has 0 amide bonds. The molecule has 11 heavy (non-hydrogen) atoms. The summed E-state index contributed by atoms with van der Waals surface area (Å²) in [5.74, 6) is 1.33. The summed E-state index contributed by atoms with van der Waals surface area (Å²) < 4.78 is 0. The number of halogens is 1. The predicted molar refractivity (Wildman–Crippen MR) is 54.6 cm³/mol. The first-order valence-corrected chi connectivity index (χ1v) is 6.07. The van der Waals surface area contributed by atoms with Gasteiger partial charge in [0, 0.05) is 10.6 Å². The van der Waals surface area contributed by atoms with E-state index in [2.05, 4.69) is 18.7 Å². The minimum absolute atomic E-state index is 0.480. The molecule has 1 aliphatic carbocycles. The van der Waals surface area contributed by atoms with Crippen molar-refractivity contribution < 1.29 is 0 Å². The van der Waals surface area contributed by atoms with E-state index in [1.54, 1.807) is 0 Å². The highest BCUT2D eigenvalue weighted by Gasteiger charge is 2.18. The van der Waals surface area contributed by atoms with E-state index < -0.39 is 0 Å². The smallest absolute Gasteiger partial charge is 0.0336 e. The molecule has 0 heterocycles. The Morgan fingerprint density at radius 3 is 2.45 bits per heavy atom. The lowest BCUT2D eigenvalue weighted by atomic mass is 10.00. The maximum atomic E-state index is 6.01. The fourth-order valence-electron chi connectivity index (χ4n) is 1.47. The normalized spacial score (nSPS) is 32.2. The van der Waals surface area contributed by atoms with Crippen molar-refractivity contribution in [3.63, 3.8) is 0 Å². The highest BCUT2D eigenvalue weighted by Crippen LogP contribution is 2.30. The Labute approximate surface area is 79.1 Å². The Kier molecular flexibility index (Phi) is 4.70. The number of hydrogen-bond donors (Lipinski definition) is 0. The molecule has 0 aliphatic heterocycles. The molecule has 1 fully saturated rings. The van der Waals surface area contributed by atoms with E-state index in [0.717, 1.165) is 5.25 Å². The van der Waals surface area contributed by atoms with Gasteiger partial charge in [-0.3, -0.25) is 0 Å². The van der Waals surface area contributed by atoms with Gasteiger partial charge in [0.15, 0.2) is 0 Å². The second-order valence-electron chi connectivity index (χ2n) is 3.24. The Bertz CT molecular complexity index is 95.0. The van der Waals surface area contributed by atoms with Gasteiger partial charge in [-0.05, 0) is 37.9 Å². The third-order valence-electron chi connectivity index (χ3n) is 2.16. The molecular weight excluding hydrogens is 176 g/mol. The molecule has 0 radical (unpaired) electrons. The average molecular weight is 193 g/mol. The van der Waals surface area contributed by atoms with Gasteiger partial charge in [-0.1, -0.05) is 6.92 Å². The number of rotatable bonds is 3. The van der Waals surface area contributed by atoms with Crippen molar-refractivity contribution in [2.75, 3.05) is 5.75 Å². The second kappa shape index (κ2) is 5.31. The predicted octanol–water partition coefficient (Wildman–Crippen LogP) is 3.68.